The Morgan fingerprint density at radius 1 is 1.45 bits per heavy atom. The van der Waals surface area contributed by atoms with Crippen molar-refractivity contribution in [3.63, 3.8) is 0 Å². The summed E-state index contributed by atoms with van der Waals surface area (Å²) in [4.78, 5) is 26.6. The van der Waals surface area contributed by atoms with E-state index in [1.54, 1.807) is 13.0 Å². The van der Waals surface area contributed by atoms with Crippen molar-refractivity contribution in [2.75, 3.05) is 19.8 Å². The maximum Gasteiger partial charge on any atom is 0.337 e. The van der Waals surface area contributed by atoms with Crippen molar-refractivity contribution in [3.05, 3.63) is 41.7 Å². The first-order valence-electron chi connectivity index (χ1n) is 6.24. The van der Waals surface area contributed by atoms with Gasteiger partial charge in [0.25, 0.3) is 5.91 Å². The predicted molar refractivity (Wildman–Crippen MR) is 73.9 cm³/mol. The van der Waals surface area contributed by atoms with Gasteiger partial charge in [-0.1, -0.05) is 6.08 Å². The molecule has 1 rings (SSSR count). The third-order valence-corrected chi connectivity index (χ3v) is 2.55. The van der Waals surface area contributed by atoms with E-state index in [4.69, 9.17) is 9.84 Å². The molecule has 0 unspecified atom stereocenters. The van der Waals surface area contributed by atoms with E-state index >= 15 is 0 Å². The molecular formula is C14H18N2O4. The van der Waals surface area contributed by atoms with E-state index in [2.05, 4.69) is 16.9 Å². The average Bonchev–Trinajstić information content (AvgIpc) is 2.41. The number of pyridine rings is 1. The zero-order valence-corrected chi connectivity index (χ0v) is 11.4. The molecule has 6 nitrogen and oxygen atoms in total. The molecule has 20 heavy (non-hydrogen) atoms. The molecule has 0 saturated carbocycles. The second kappa shape index (κ2) is 8.06. The highest BCUT2D eigenvalue weighted by molar-refractivity contribution is 5.94. The Morgan fingerprint density at radius 2 is 2.20 bits per heavy atom. The Bertz CT molecular complexity index is 500. The van der Waals surface area contributed by atoms with Crippen LogP contribution in [0, 0.1) is 6.92 Å². The minimum Gasteiger partial charge on any atom is -0.478 e. The molecule has 0 aliphatic rings. The van der Waals surface area contributed by atoms with Crippen LogP contribution in [0.15, 0.2) is 24.8 Å². The molecule has 0 fully saturated rings. The number of hydrogen-bond acceptors (Lipinski definition) is 4. The van der Waals surface area contributed by atoms with Gasteiger partial charge in [0.1, 0.15) is 5.69 Å². The smallest absolute Gasteiger partial charge is 0.337 e. The molecular weight excluding hydrogens is 260 g/mol. The molecule has 0 atom stereocenters. The first-order valence-corrected chi connectivity index (χ1v) is 6.24. The number of aryl methyl sites for hydroxylation is 1. The van der Waals surface area contributed by atoms with Crippen LogP contribution in [0.5, 0.6) is 0 Å². The molecule has 2 N–H and O–H groups in total. The summed E-state index contributed by atoms with van der Waals surface area (Å²) >= 11 is 0. The molecule has 0 radical (unpaired) electrons. The lowest BCUT2D eigenvalue weighted by atomic mass is 10.2. The summed E-state index contributed by atoms with van der Waals surface area (Å²) in [6.45, 7) is 6.48. The maximum absolute atomic E-state index is 11.8. The highest BCUT2D eigenvalue weighted by atomic mass is 16.5. The van der Waals surface area contributed by atoms with E-state index in [1.807, 2.05) is 0 Å². The van der Waals surface area contributed by atoms with Crippen LogP contribution in [0.3, 0.4) is 0 Å². The van der Waals surface area contributed by atoms with Crippen molar-refractivity contribution >= 4 is 11.9 Å². The van der Waals surface area contributed by atoms with Gasteiger partial charge < -0.3 is 15.2 Å². The van der Waals surface area contributed by atoms with Crippen LogP contribution in [0.1, 0.15) is 33.0 Å². The molecule has 0 bridgehead atoms. The molecule has 0 aliphatic heterocycles. The SMILES string of the molecule is C=CCCOCCNC(=O)c1ccc(C(=O)O)c(C)n1. The van der Waals surface area contributed by atoms with E-state index < -0.39 is 5.97 Å². The van der Waals surface area contributed by atoms with Gasteiger partial charge in [-0.25, -0.2) is 9.78 Å². The van der Waals surface area contributed by atoms with Crippen molar-refractivity contribution in [1.82, 2.24) is 10.3 Å². The number of amides is 1. The Hall–Kier alpha value is -2.21. The van der Waals surface area contributed by atoms with E-state index in [-0.39, 0.29) is 17.2 Å². The first kappa shape index (κ1) is 15.8. The van der Waals surface area contributed by atoms with Crippen LogP contribution in [0.4, 0.5) is 0 Å². The fourth-order valence-corrected chi connectivity index (χ4v) is 1.51. The van der Waals surface area contributed by atoms with Gasteiger partial charge in [0.2, 0.25) is 0 Å². The zero-order valence-electron chi connectivity index (χ0n) is 11.4. The third-order valence-electron chi connectivity index (χ3n) is 2.55. The zero-order chi connectivity index (χ0) is 15.0. The van der Waals surface area contributed by atoms with Crippen molar-refractivity contribution in [1.29, 1.82) is 0 Å². The summed E-state index contributed by atoms with van der Waals surface area (Å²) in [7, 11) is 0. The van der Waals surface area contributed by atoms with Crippen LogP contribution < -0.4 is 5.32 Å². The van der Waals surface area contributed by atoms with E-state index in [9.17, 15) is 9.59 Å². The molecule has 0 saturated heterocycles. The van der Waals surface area contributed by atoms with Gasteiger partial charge in [-0.05, 0) is 25.5 Å². The van der Waals surface area contributed by atoms with Gasteiger partial charge in [0.15, 0.2) is 0 Å². The Labute approximate surface area is 117 Å². The lowest BCUT2D eigenvalue weighted by Crippen LogP contribution is -2.28. The number of aromatic carboxylic acids is 1. The van der Waals surface area contributed by atoms with Gasteiger partial charge in [-0.3, -0.25) is 4.79 Å². The third kappa shape index (κ3) is 4.81. The topological polar surface area (TPSA) is 88.5 Å². The summed E-state index contributed by atoms with van der Waals surface area (Å²) in [5.74, 6) is -1.41. The lowest BCUT2D eigenvalue weighted by molar-refractivity contribution is 0.0694. The van der Waals surface area contributed by atoms with E-state index in [0.717, 1.165) is 6.42 Å². The number of ether oxygens (including phenoxy) is 1. The number of nitrogens with one attached hydrogen (secondary N) is 1. The number of carboxylic acids is 1. The predicted octanol–water partition coefficient (Wildman–Crippen LogP) is 1.41. The highest BCUT2D eigenvalue weighted by Crippen LogP contribution is 2.06. The number of carboxylic acid groups (broad SMARTS) is 1. The van der Waals surface area contributed by atoms with E-state index in [0.29, 0.717) is 25.5 Å². The van der Waals surface area contributed by atoms with Gasteiger partial charge >= 0.3 is 5.97 Å². The molecule has 1 heterocycles. The van der Waals surface area contributed by atoms with Crippen LogP contribution in [0.2, 0.25) is 0 Å². The van der Waals surface area contributed by atoms with Crippen molar-refractivity contribution in [3.8, 4) is 0 Å². The Balaban J connectivity index is 2.46. The summed E-state index contributed by atoms with van der Waals surface area (Å²) in [6, 6.07) is 2.77. The largest absolute Gasteiger partial charge is 0.478 e. The Morgan fingerprint density at radius 3 is 2.80 bits per heavy atom. The van der Waals surface area contributed by atoms with Gasteiger partial charge in [-0.2, -0.15) is 0 Å². The van der Waals surface area contributed by atoms with Gasteiger partial charge in [0.05, 0.1) is 24.5 Å². The minimum absolute atomic E-state index is 0.0920. The maximum atomic E-state index is 11.8. The average molecular weight is 278 g/mol. The standard InChI is InChI=1S/C14H18N2O4/c1-3-4-8-20-9-7-15-13(17)12-6-5-11(14(18)19)10(2)16-12/h3,5-6H,1,4,7-9H2,2H3,(H,15,17)(H,18,19). The quantitative estimate of drug-likeness (QED) is 0.554. The molecule has 1 aromatic heterocycles. The van der Waals surface area contributed by atoms with Gasteiger partial charge in [-0.15, -0.1) is 6.58 Å². The Kier molecular flexibility index (Phi) is 6.39. The molecule has 0 aliphatic carbocycles. The molecule has 0 spiro atoms. The molecule has 1 amide bonds. The fraction of sp³-hybridized carbons (Fsp3) is 0.357. The second-order valence-corrected chi connectivity index (χ2v) is 4.08. The van der Waals surface area contributed by atoms with E-state index in [1.165, 1.54) is 12.1 Å². The van der Waals surface area contributed by atoms with Crippen molar-refractivity contribution in [2.45, 2.75) is 13.3 Å². The molecule has 1 aromatic rings. The normalized spacial score (nSPS) is 10.1. The minimum atomic E-state index is -1.06. The van der Waals surface area contributed by atoms with Crippen molar-refractivity contribution in [2.24, 2.45) is 0 Å². The summed E-state index contributed by atoms with van der Waals surface area (Å²) in [6.07, 6.45) is 2.53. The molecule has 108 valence electrons. The summed E-state index contributed by atoms with van der Waals surface area (Å²) < 4.78 is 5.25. The number of nitrogens with zero attached hydrogens (tertiary/aromatic N) is 1. The van der Waals surface area contributed by atoms with Gasteiger partial charge in [0, 0.05) is 6.54 Å². The highest BCUT2D eigenvalue weighted by Gasteiger charge is 2.12. The van der Waals surface area contributed by atoms with Crippen LogP contribution in [0.25, 0.3) is 0 Å². The van der Waals surface area contributed by atoms with Crippen LogP contribution in [-0.4, -0.2) is 41.7 Å². The fourth-order valence-electron chi connectivity index (χ4n) is 1.51. The molecule has 0 aromatic carbocycles. The second-order valence-electron chi connectivity index (χ2n) is 4.08. The van der Waals surface area contributed by atoms with Crippen LogP contribution >= 0.6 is 0 Å². The lowest BCUT2D eigenvalue weighted by Gasteiger charge is -2.07. The summed E-state index contributed by atoms with van der Waals surface area (Å²) in [5, 5.41) is 11.5. The number of carbonyl (C=O) groups excluding carboxylic acids is 1. The number of aromatic nitrogens is 1. The summed E-state index contributed by atoms with van der Waals surface area (Å²) in [5.41, 5.74) is 0.597. The number of carbonyl (C=O) groups is 2. The first-order chi connectivity index (χ1) is 9.56. The van der Waals surface area contributed by atoms with Crippen LogP contribution in [-0.2, 0) is 4.74 Å². The molecule has 6 heteroatoms. The number of hydrogen-bond donors (Lipinski definition) is 2. The van der Waals surface area contributed by atoms with Crippen molar-refractivity contribution < 1.29 is 19.4 Å². The monoisotopic (exact) mass is 278 g/mol. The number of rotatable bonds is 8.